The molecule has 122 valence electrons. The quantitative estimate of drug-likeness (QED) is 0.619. The van der Waals surface area contributed by atoms with Crippen LogP contribution in [0.4, 0.5) is 5.69 Å². The monoisotopic (exact) mass is 328 g/mol. The van der Waals surface area contributed by atoms with Crippen molar-refractivity contribution < 1.29 is 4.79 Å². The Labute approximate surface area is 144 Å². The summed E-state index contributed by atoms with van der Waals surface area (Å²) in [6.07, 6.45) is 0. The maximum atomic E-state index is 12.3. The van der Waals surface area contributed by atoms with Gasteiger partial charge >= 0.3 is 0 Å². The van der Waals surface area contributed by atoms with Gasteiger partial charge in [0, 0.05) is 11.3 Å². The van der Waals surface area contributed by atoms with Gasteiger partial charge in [-0.1, -0.05) is 35.0 Å². The molecule has 5 heteroatoms. The molecule has 0 saturated heterocycles. The van der Waals surface area contributed by atoms with Crippen molar-refractivity contribution in [2.45, 2.75) is 6.92 Å². The summed E-state index contributed by atoms with van der Waals surface area (Å²) in [5, 5.41) is 11.3. The number of nitrogens with zero attached hydrogens (tertiary/aromatic N) is 3. The third-order valence-corrected chi connectivity index (χ3v) is 4.00. The van der Waals surface area contributed by atoms with Crippen LogP contribution in [-0.4, -0.2) is 20.9 Å². The molecular weight excluding hydrogens is 312 g/mol. The molecule has 4 rings (SSSR count). The Morgan fingerprint density at radius 1 is 0.960 bits per heavy atom. The zero-order valence-corrected chi connectivity index (χ0v) is 13.7. The van der Waals surface area contributed by atoms with Gasteiger partial charge < -0.3 is 5.32 Å². The molecule has 1 heterocycles. The number of nitrogens with one attached hydrogen (secondary N) is 1. The predicted molar refractivity (Wildman–Crippen MR) is 98.0 cm³/mol. The summed E-state index contributed by atoms with van der Waals surface area (Å²) in [7, 11) is 0. The van der Waals surface area contributed by atoms with E-state index in [2.05, 4.69) is 15.6 Å². The average molecular weight is 328 g/mol. The van der Waals surface area contributed by atoms with Crippen molar-refractivity contribution in [3.63, 3.8) is 0 Å². The molecule has 1 aromatic heterocycles. The molecule has 1 N–H and O–H groups in total. The number of hydrogen-bond acceptors (Lipinski definition) is 3. The maximum absolute atomic E-state index is 12.3. The van der Waals surface area contributed by atoms with E-state index in [9.17, 15) is 4.79 Å². The number of aromatic nitrogens is 3. The van der Waals surface area contributed by atoms with Gasteiger partial charge in [0.1, 0.15) is 5.52 Å². The average Bonchev–Trinajstić information content (AvgIpc) is 3.06. The van der Waals surface area contributed by atoms with Crippen LogP contribution in [0.25, 0.3) is 16.7 Å². The van der Waals surface area contributed by atoms with E-state index in [1.807, 2.05) is 73.7 Å². The van der Waals surface area contributed by atoms with Crippen LogP contribution in [0.15, 0.2) is 72.8 Å². The number of carbonyl (C=O) groups is 1. The molecule has 25 heavy (non-hydrogen) atoms. The molecule has 0 aliphatic carbocycles. The van der Waals surface area contributed by atoms with Gasteiger partial charge in [-0.15, -0.1) is 5.10 Å². The second-order valence-corrected chi connectivity index (χ2v) is 5.86. The van der Waals surface area contributed by atoms with Gasteiger partial charge in [0.15, 0.2) is 0 Å². The van der Waals surface area contributed by atoms with E-state index in [1.54, 1.807) is 10.7 Å². The fraction of sp³-hybridized carbons (Fsp3) is 0.0500. The lowest BCUT2D eigenvalue weighted by molar-refractivity contribution is 0.102. The first-order chi connectivity index (χ1) is 12.2. The third kappa shape index (κ3) is 2.99. The minimum absolute atomic E-state index is 0.123. The summed E-state index contributed by atoms with van der Waals surface area (Å²) in [5.74, 6) is -0.123. The Kier molecular flexibility index (Phi) is 3.74. The Morgan fingerprint density at radius 2 is 1.76 bits per heavy atom. The molecule has 0 unspecified atom stereocenters. The highest BCUT2D eigenvalue weighted by Crippen LogP contribution is 2.18. The number of benzene rings is 3. The van der Waals surface area contributed by atoms with Crippen molar-refractivity contribution in [2.75, 3.05) is 5.32 Å². The minimum Gasteiger partial charge on any atom is -0.322 e. The van der Waals surface area contributed by atoms with Crippen LogP contribution in [0, 0.1) is 6.92 Å². The van der Waals surface area contributed by atoms with Gasteiger partial charge in [-0.2, -0.15) is 0 Å². The molecule has 3 aromatic carbocycles. The second-order valence-electron chi connectivity index (χ2n) is 5.86. The summed E-state index contributed by atoms with van der Waals surface area (Å²) in [4.78, 5) is 12.3. The van der Waals surface area contributed by atoms with E-state index in [-0.39, 0.29) is 5.91 Å². The topological polar surface area (TPSA) is 59.8 Å². The number of fused-ring (bicyclic) bond motifs is 1. The zero-order valence-electron chi connectivity index (χ0n) is 13.7. The predicted octanol–water partition coefficient (Wildman–Crippen LogP) is 3.98. The summed E-state index contributed by atoms with van der Waals surface area (Å²) in [6.45, 7) is 1.97. The van der Waals surface area contributed by atoms with E-state index in [0.29, 0.717) is 5.56 Å². The lowest BCUT2D eigenvalue weighted by Crippen LogP contribution is -2.12. The molecule has 4 aromatic rings. The van der Waals surface area contributed by atoms with Gasteiger partial charge in [0.25, 0.3) is 5.91 Å². The molecule has 0 aliphatic heterocycles. The molecule has 1 amide bonds. The smallest absolute Gasteiger partial charge is 0.255 e. The highest BCUT2D eigenvalue weighted by Gasteiger charge is 2.08. The van der Waals surface area contributed by atoms with E-state index in [1.165, 1.54) is 0 Å². The minimum atomic E-state index is -0.123. The van der Waals surface area contributed by atoms with Crippen molar-refractivity contribution >= 4 is 22.6 Å². The molecule has 0 radical (unpaired) electrons. The number of anilines is 1. The molecular formula is C20H16N4O. The highest BCUT2D eigenvalue weighted by molar-refractivity contribution is 6.04. The number of amides is 1. The fourth-order valence-electron chi connectivity index (χ4n) is 2.74. The molecule has 0 atom stereocenters. The normalized spacial score (nSPS) is 10.8. The first-order valence-corrected chi connectivity index (χ1v) is 8.00. The van der Waals surface area contributed by atoms with Crippen molar-refractivity contribution in [3.05, 3.63) is 83.9 Å². The summed E-state index contributed by atoms with van der Waals surface area (Å²) in [6, 6.07) is 22.8. The fourth-order valence-corrected chi connectivity index (χ4v) is 2.74. The lowest BCUT2D eigenvalue weighted by Gasteiger charge is -2.07. The number of aryl methyl sites for hydroxylation is 1. The number of para-hydroxylation sites is 1. The van der Waals surface area contributed by atoms with Crippen LogP contribution < -0.4 is 5.32 Å². The molecule has 0 saturated carbocycles. The van der Waals surface area contributed by atoms with E-state index in [0.717, 1.165) is 28.0 Å². The number of rotatable bonds is 3. The second kappa shape index (κ2) is 6.20. The zero-order chi connectivity index (χ0) is 17.2. The Hall–Kier alpha value is -3.47. The summed E-state index contributed by atoms with van der Waals surface area (Å²) in [5.41, 5.74) is 5.12. The van der Waals surface area contributed by atoms with Gasteiger partial charge in [0.05, 0.1) is 11.2 Å². The summed E-state index contributed by atoms with van der Waals surface area (Å²) >= 11 is 0. The van der Waals surface area contributed by atoms with Gasteiger partial charge in [-0.25, -0.2) is 4.68 Å². The van der Waals surface area contributed by atoms with E-state index >= 15 is 0 Å². The van der Waals surface area contributed by atoms with Gasteiger partial charge in [-0.05, 0) is 55.5 Å². The SMILES string of the molecule is Cc1cccc(C(=O)Nc2ccc(-n3nnc4ccccc43)cc2)c1. The first kappa shape index (κ1) is 15.1. The Balaban J connectivity index is 1.57. The van der Waals surface area contributed by atoms with Crippen LogP contribution in [-0.2, 0) is 0 Å². The van der Waals surface area contributed by atoms with Crippen LogP contribution in [0.2, 0.25) is 0 Å². The third-order valence-electron chi connectivity index (χ3n) is 4.00. The molecule has 0 bridgehead atoms. The van der Waals surface area contributed by atoms with Crippen molar-refractivity contribution in [2.24, 2.45) is 0 Å². The van der Waals surface area contributed by atoms with Crippen LogP contribution >= 0.6 is 0 Å². The van der Waals surface area contributed by atoms with Gasteiger partial charge in [-0.3, -0.25) is 4.79 Å². The van der Waals surface area contributed by atoms with E-state index < -0.39 is 0 Å². The highest BCUT2D eigenvalue weighted by atomic mass is 16.1. The Bertz CT molecular complexity index is 1050. The Morgan fingerprint density at radius 3 is 2.56 bits per heavy atom. The summed E-state index contributed by atoms with van der Waals surface area (Å²) < 4.78 is 1.78. The van der Waals surface area contributed by atoms with Crippen molar-refractivity contribution in [1.29, 1.82) is 0 Å². The molecule has 0 aliphatic rings. The van der Waals surface area contributed by atoms with Gasteiger partial charge in [0.2, 0.25) is 0 Å². The van der Waals surface area contributed by atoms with Crippen molar-refractivity contribution in [1.82, 2.24) is 15.0 Å². The molecule has 0 fully saturated rings. The molecule has 5 nitrogen and oxygen atoms in total. The lowest BCUT2D eigenvalue weighted by atomic mass is 10.1. The molecule has 0 spiro atoms. The van der Waals surface area contributed by atoms with Crippen LogP contribution in [0.1, 0.15) is 15.9 Å². The maximum Gasteiger partial charge on any atom is 0.255 e. The van der Waals surface area contributed by atoms with Crippen LogP contribution in [0.5, 0.6) is 0 Å². The number of hydrogen-bond donors (Lipinski definition) is 1. The first-order valence-electron chi connectivity index (χ1n) is 8.00. The van der Waals surface area contributed by atoms with E-state index in [4.69, 9.17) is 0 Å². The largest absolute Gasteiger partial charge is 0.322 e. The van der Waals surface area contributed by atoms with Crippen LogP contribution in [0.3, 0.4) is 0 Å². The number of carbonyl (C=O) groups excluding carboxylic acids is 1. The standard InChI is InChI=1S/C20H16N4O/c1-14-5-4-6-15(13-14)20(25)21-16-9-11-17(12-10-16)24-19-8-3-2-7-18(19)22-23-24/h2-13H,1H3,(H,21,25). The van der Waals surface area contributed by atoms with Crippen molar-refractivity contribution in [3.8, 4) is 5.69 Å².